The normalized spacial score (nSPS) is 20.3. The number of nitrogens with zero attached hydrogens (tertiary/aromatic N) is 3. The van der Waals surface area contributed by atoms with Crippen LogP contribution in [-0.4, -0.2) is 28.9 Å². The molecular formula is C17H18F3N3O2. The highest BCUT2D eigenvalue weighted by molar-refractivity contribution is 5.79. The van der Waals surface area contributed by atoms with E-state index in [2.05, 4.69) is 5.10 Å². The van der Waals surface area contributed by atoms with Crippen molar-refractivity contribution in [3.63, 3.8) is 0 Å². The summed E-state index contributed by atoms with van der Waals surface area (Å²) in [4.78, 5) is 14.2. The number of esters is 1. The van der Waals surface area contributed by atoms with E-state index in [0.717, 1.165) is 18.0 Å². The van der Waals surface area contributed by atoms with Crippen molar-refractivity contribution in [2.24, 2.45) is 5.41 Å². The summed E-state index contributed by atoms with van der Waals surface area (Å²) in [5.74, 6) is 0.370. The van der Waals surface area contributed by atoms with Crippen LogP contribution < -0.4 is 4.90 Å². The first-order chi connectivity index (χ1) is 11.7. The Kier molecular flexibility index (Phi) is 4.22. The van der Waals surface area contributed by atoms with Gasteiger partial charge in [-0.2, -0.15) is 18.3 Å². The number of carbonyl (C=O) groups is 1. The average molecular weight is 353 g/mol. The van der Waals surface area contributed by atoms with Crippen molar-refractivity contribution in [1.82, 2.24) is 9.78 Å². The van der Waals surface area contributed by atoms with Crippen LogP contribution in [0.15, 0.2) is 36.5 Å². The Balaban J connectivity index is 1.96. The summed E-state index contributed by atoms with van der Waals surface area (Å²) in [6.45, 7) is 4.42. The predicted molar refractivity (Wildman–Crippen MR) is 85.4 cm³/mol. The van der Waals surface area contributed by atoms with Gasteiger partial charge >= 0.3 is 12.1 Å². The van der Waals surface area contributed by atoms with Crippen molar-refractivity contribution < 1.29 is 22.7 Å². The molecule has 1 aliphatic heterocycles. The van der Waals surface area contributed by atoms with Gasteiger partial charge in [0.1, 0.15) is 11.2 Å². The summed E-state index contributed by atoms with van der Waals surface area (Å²) < 4.78 is 45.2. The maximum absolute atomic E-state index is 12.8. The third kappa shape index (κ3) is 3.20. The van der Waals surface area contributed by atoms with Gasteiger partial charge in [-0.3, -0.25) is 4.79 Å². The minimum absolute atomic E-state index is 0.265. The third-order valence-corrected chi connectivity index (χ3v) is 4.25. The van der Waals surface area contributed by atoms with Crippen molar-refractivity contribution in [2.45, 2.75) is 26.6 Å². The molecule has 134 valence electrons. The molecule has 2 aromatic rings. The SMILES string of the molecule is CCOC(=O)C1(C)CN(c2ccc(C(F)(F)F)cc2)c2ccnn2C1. The van der Waals surface area contributed by atoms with Crippen LogP contribution in [0.4, 0.5) is 24.7 Å². The molecular weight excluding hydrogens is 335 g/mol. The lowest BCUT2D eigenvalue weighted by molar-refractivity contribution is -0.155. The number of anilines is 2. The minimum Gasteiger partial charge on any atom is -0.465 e. The molecule has 3 rings (SSSR count). The molecule has 1 atom stereocenters. The van der Waals surface area contributed by atoms with E-state index in [0.29, 0.717) is 18.8 Å². The van der Waals surface area contributed by atoms with E-state index in [-0.39, 0.29) is 12.6 Å². The summed E-state index contributed by atoms with van der Waals surface area (Å²) in [5, 5.41) is 4.21. The largest absolute Gasteiger partial charge is 0.465 e. The summed E-state index contributed by atoms with van der Waals surface area (Å²) in [6, 6.07) is 6.63. The van der Waals surface area contributed by atoms with Gasteiger partial charge in [0.25, 0.3) is 0 Å². The fraction of sp³-hybridized carbons (Fsp3) is 0.412. The summed E-state index contributed by atoms with van der Waals surface area (Å²) >= 11 is 0. The molecule has 0 N–H and O–H groups in total. The number of aromatic nitrogens is 2. The van der Waals surface area contributed by atoms with Gasteiger partial charge in [-0.25, -0.2) is 4.68 Å². The highest BCUT2D eigenvalue weighted by Gasteiger charge is 2.42. The first-order valence-electron chi connectivity index (χ1n) is 7.88. The number of benzene rings is 1. The van der Waals surface area contributed by atoms with E-state index in [1.807, 2.05) is 0 Å². The summed E-state index contributed by atoms with van der Waals surface area (Å²) in [6.07, 6.45) is -2.79. The monoisotopic (exact) mass is 353 g/mol. The van der Waals surface area contributed by atoms with Gasteiger partial charge in [0.2, 0.25) is 0 Å². The number of halogens is 3. The highest BCUT2D eigenvalue weighted by Crippen LogP contribution is 2.38. The Hall–Kier alpha value is -2.51. The number of rotatable bonds is 3. The molecule has 0 fully saturated rings. The molecule has 1 aromatic carbocycles. The Morgan fingerprint density at radius 2 is 1.92 bits per heavy atom. The highest BCUT2D eigenvalue weighted by atomic mass is 19.4. The van der Waals surface area contributed by atoms with Gasteiger partial charge in [0, 0.05) is 18.3 Å². The van der Waals surface area contributed by atoms with Crippen molar-refractivity contribution in [3.8, 4) is 0 Å². The molecule has 0 spiro atoms. The molecule has 1 unspecified atom stereocenters. The van der Waals surface area contributed by atoms with E-state index in [4.69, 9.17) is 4.74 Å². The van der Waals surface area contributed by atoms with Gasteiger partial charge in [-0.15, -0.1) is 0 Å². The van der Waals surface area contributed by atoms with Crippen LogP contribution in [0.25, 0.3) is 0 Å². The van der Waals surface area contributed by atoms with Crippen LogP contribution in [0.5, 0.6) is 0 Å². The van der Waals surface area contributed by atoms with E-state index in [1.165, 1.54) is 12.1 Å². The van der Waals surface area contributed by atoms with Crippen LogP contribution in [-0.2, 0) is 22.3 Å². The lowest BCUT2D eigenvalue weighted by atomic mass is 9.88. The molecule has 1 aliphatic rings. The first-order valence-corrected chi connectivity index (χ1v) is 7.88. The predicted octanol–water partition coefficient (Wildman–Crippen LogP) is 3.62. The van der Waals surface area contributed by atoms with Crippen LogP contribution in [0.2, 0.25) is 0 Å². The lowest BCUT2D eigenvalue weighted by Crippen LogP contribution is -2.48. The molecule has 0 bridgehead atoms. The van der Waals surface area contributed by atoms with Crippen LogP contribution in [0.1, 0.15) is 19.4 Å². The average Bonchev–Trinajstić information content (AvgIpc) is 3.01. The van der Waals surface area contributed by atoms with Crippen LogP contribution in [0, 0.1) is 5.41 Å². The van der Waals surface area contributed by atoms with E-state index in [1.54, 1.807) is 35.7 Å². The van der Waals surface area contributed by atoms with E-state index < -0.39 is 17.2 Å². The first kappa shape index (κ1) is 17.3. The molecule has 0 saturated carbocycles. The minimum atomic E-state index is -4.39. The van der Waals surface area contributed by atoms with Gasteiger partial charge in [-0.1, -0.05) is 0 Å². The van der Waals surface area contributed by atoms with Gasteiger partial charge in [0.05, 0.1) is 24.9 Å². The second kappa shape index (κ2) is 6.09. The molecule has 0 saturated heterocycles. The zero-order valence-corrected chi connectivity index (χ0v) is 13.9. The van der Waals surface area contributed by atoms with Crippen molar-refractivity contribution in [1.29, 1.82) is 0 Å². The Bertz CT molecular complexity index is 770. The molecule has 0 radical (unpaired) electrons. The zero-order chi connectivity index (χ0) is 18.2. The number of carbonyl (C=O) groups excluding carboxylic acids is 1. The molecule has 2 heterocycles. The molecule has 25 heavy (non-hydrogen) atoms. The lowest BCUT2D eigenvalue weighted by Gasteiger charge is -2.39. The maximum atomic E-state index is 12.8. The maximum Gasteiger partial charge on any atom is 0.416 e. The zero-order valence-electron chi connectivity index (χ0n) is 13.9. The quantitative estimate of drug-likeness (QED) is 0.791. The fourth-order valence-electron chi connectivity index (χ4n) is 2.98. The van der Waals surface area contributed by atoms with Crippen LogP contribution in [0.3, 0.4) is 0 Å². The molecule has 8 heteroatoms. The van der Waals surface area contributed by atoms with Gasteiger partial charge in [0.15, 0.2) is 0 Å². The van der Waals surface area contributed by atoms with E-state index in [9.17, 15) is 18.0 Å². The third-order valence-electron chi connectivity index (χ3n) is 4.25. The Morgan fingerprint density at radius 3 is 2.52 bits per heavy atom. The van der Waals surface area contributed by atoms with Crippen molar-refractivity contribution in [2.75, 3.05) is 18.1 Å². The summed E-state index contributed by atoms with van der Waals surface area (Å²) in [5.41, 5.74) is -1.00. The topological polar surface area (TPSA) is 47.4 Å². The molecule has 0 aliphatic carbocycles. The van der Waals surface area contributed by atoms with Crippen molar-refractivity contribution >= 4 is 17.5 Å². The Morgan fingerprint density at radius 1 is 1.24 bits per heavy atom. The fourth-order valence-corrected chi connectivity index (χ4v) is 2.98. The van der Waals surface area contributed by atoms with Crippen LogP contribution >= 0.6 is 0 Å². The molecule has 0 amide bonds. The van der Waals surface area contributed by atoms with Gasteiger partial charge in [-0.05, 0) is 38.1 Å². The molecule has 5 nitrogen and oxygen atoms in total. The number of alkyl halides is 3. The number of hydrogen-bond donors (Lipinski definition) is 0. The summed E-state index contributed by atoms with van der Waals surface area (Å²) in [7, 11) is 0. The van der Waals surface area contributed by atoms with Crippen molar-refractivity contribution in [3.05, 3.63) is 42.1 Å². The number of fused-ring (bicyclic) bond motifs is 1. The van der Waals surface area contributed by atoms with Gasteiger partial charge < -0.3 is 9.64 Å². The van der Waals surface area contributed by atoms with E-state index >= 15 is 0 Å². The Labute approximate surface area is 143 Å². The molecule has 1 aromatic heterocycles. The number of hydrogen-bond acceptors (Lipinski definition) is 4. The second-order valence-corrected chi connectivity index (χ2v) is 6.26. The smallest absolute Gasteiger partial charge is 0.416 e. The number of ether oxygens (including phenoxy) is 1. The second-order valence-electron chi connectivity index (χ2n) is 6.26. The standard InChI is InChI=1S/C17H18F3N3O2/c1-3-25-15(24)16(2)10-22(14-8-9-21-23(14)11-16)13-6-4-12(5-7-13)17(18,19)20/h4-9H,3,10-11H2,1-2H3.